The second-order valence-corrected chi connectivity index (χ2v) is 7.18. The first-order chi connectivity index (χ1) is 13.6. The van der Waals surface area contributed by atoms with E-state index < -0.39 is 5.97 Å². The number of aliphatic carboxylic acids is 1. The fraction of sp³-hybridized carbons (Fsp3) is 0.304. The minimum absolute atomic E-state index is 0.121. The monoisotopic (exact) mass is 377 g/mol. The topological polar surface area (TPSA) is 72.6 Å². The number of hydrogen-bond acceptors (Lipinski definition) is 4. The Hall–Kier alpha value is -3.08. The van der Waals surface area contributed by atoms with Crippen LogP contribution in [-0.2, 0) is 17.6 Å². The van der Waals surface area contributed by atoms with Crippen molar-refractivity contribution < 1.29 is 19.1 Å². The second-order valence-electron chi connectivity index (χ2n) is 7.18. The third kappa shape index (κ3) is 3.93. The van der Waals surface area contributed by atoms with Crippen LogP contribution in [0.3, 0.4) is 0 Å². The molecule has 1 N–H and O–H groups in total. The Labute approximate surface area is 164 Å². The number of oxazole rings is 1. The van der Waals surface area contributed by atoms with Gasteiger partial charge in [-0.3, -0.25) is 4.79 Å². The van der Waals surface area contributed by atoms with Gasteiger partial charge in [-0.05, 0) is 61.1 Å². The van der Waals surface area contributed by atoms with Crippen LogP contribution >= 0.6 is 0 Å². The van der Waals surface area contributed by atoms with E-state index in [0.717, 1.165) is 41.2 Å². The molecule has 1 heterocycles. The van der Waals surface area contributed by atoms with Crippen LogP contribution in [0.2, 0.25) is 0 Å². The van der Waals surface area contributed by atoms with Crippen LogP contribution in [-0.4, -0.2) is 22.7 Å². The van der Waals surface area contributed by atoms with Gasteiger partial charge >= 0.3 is 5.97 Å². The molecule has 144 valence electrons. The molecule has 0 bridgehead atoms. The number of aryl methyl sites for hydroxylation is 2. The van der Waals surface area contributed by atoms with Crippen molar-refractivity contribution in [2.45, 2.75) is 38.5 Å². The van der Waals surface area contributed by atoms with Gasteiger partial charge in [0.25, 0.3) is 0 Å². The minimum atomic E-state index is -0.740. The molecule has 5 nitrogen and oxygen atoms in total. The van der Waals surface area contributed by atoms with Gasteiger partial charge in [0.1, 0.15) is 11.5 Å². The lowest BCUT2D eigenvalue weighted by molar-refractivity contribution is -0.137. The molecule has 0 amide bonds. The Bertz CT molecular complexity index is 978. The van der Waals surface area contributed by atoms with Gasteiger partial charge in [0.05, 0.1) is 18.7 Å². The lowest BCUT2D eigenvalue weighted by atomic mass is 9.98. The van der Waals surface area contributed by atoms with Crippen LogP contribution in [0, 0.1) is 6.92 Å². The second kappa shape index (κ2) is 7.89. The first kappa shape index (κ1) is 18.3. The molecule has 28 heavy (non-hydrogen) atoms. The van der Waals surface area contributed by atoms with E-state index in [1.807, 2.05) is 55.5 Å². The van der Waals surface area contributed by atoms with E-state index in [2.05, 4.69) is 4.98 Å². The highest BCUT2D eigenvalue weighted by atomic mass is 16.5. The molecule has 1 aromatic heterocycles. The summed E-state index contributed by atoms with van der Waals surface area (Å²) in [6, 6.07) is 15.8. The molecule has 0 fully saturated rings. The Morgan fingerprint density at radius 1 is 1.25 bits per heavy atom. The Balaban J connectivity index is 1.37. The number of nitrogens with zero attached hydrogens (tertiary/aromatic N) is 1. The quantitative estimate of drug-likeness (QED) is 0.642. The van der Waals surface area contributed by atoms with Gasteiger partial charge in [-0.2, -0.15) is 0 Å². The van der Waals surface area contributed by atoms with Crippen molar-refractivity contribution in [2.24, 2.45) is 0 Å². The maximum atomic E-state index is 11.0. The number of fused-ring (bicyclic) bond motifs is 1. The minimum Gasteiger partial charge on any atom is -0.493 e. The van der Waals surface area contributed by atoms with Crippen LogP contribution < -0.4 is 4.74 Å². The summed E-state index contributed by atoms with van der Waals surface area (Å²) in [5.41, 5.74) is 4.22. The van der Waals surface area contributed by atoms with Gasteiger partial charge < -0.3 is 14.3 Å². The summed E-state index contributed by atoms with van der Waals surface area (Å²) >= 11 is 0. The molecule has 1 atom stereocenters. The number of aromatic nitrogens is 1. The average Bonchev–Trinajstić information content (AvgIpc) is 3.26. The summed E-state index contributed by atoms with van der Waals surface area (Å²) in [5, 5.41) is 9.04. The number of hydrogen-bond donors (Lipinski definition) is 1. The molecule has 0 saturated carbocycles. The van der Waals surface area contributed by atoms with E-state index in [0.29, 0.717) is 18.9 Å². The lowest BCUT2D eigenvalue weighted by Gasteiger charge is -2.10. The van der Waals surface area contributed by atoms with Crippen molar-refractivity contribution in [1.29, 1.82) is 0 Å². The summed E-state index contributed by atoms with van der Waals surface area (Å²) in [5.74, 6) is 1.65. The van der Waals surface area contributed by atoms with Gasteiger partial charge in [0, 0.05) is 12.0 Å². The number of ether oxygens (including phenoxy) is 1. The SMILES string of the molecule is Cc1oc(-c2ccccc2)nc1CCOc1ccc2c(c1)CC[C@H]2CC(=O)O. The zero-order valence-corrected chi connectivity index (χ0v) is 15.9. The summed E-state index contributed by atoms with van der Waals surface area (Å²) in [6.07, 6.45) is 2.67. The molecule has 0 spiro atoms. The summed E-state index contributed by atoms with van der Waals surface area (Å²) in [6.45, 7) is 2.44. The number of carbonyl (C=O) groups is 1. The molecule has 5 heteroatoms. The van der Waals surface area contributed by atoms with Gasteiger partial charge in [-0.25, -0.2) is 4.98 Å². The van der Waals surface area contributed by atoms with E-state index in [-0.39, 0.29) is 12.3 Å². The molecule has 1 aliphatic rings. The Morgan fingerprint density at radius 2 is 2.07 bits per heavy atom. The van der Waals surface area contributed by atoms with Gasteiger partial charge in [-0.1, -0.05) is 24.3 Å². The lowest BCUT2D eigenvalue weighted by Crippen LogP contribution is -2.04. The summed E-state index contributed by atoms with van der Waals surface area (Å²) in [7, 11) is 0. The molecular weight excluding hydrogens is 354 g/mol. The van der Waals surface area contributed by atoms with Gasteiger partial charge in [-0.15, -0.1) is 0 Å². The molecule has 0 unspecified atom stereocenters. The Morgan fingerprint density at radius 3 is 2.86 bits per heavy atom. The highest BCUT2D eigenvalue weighted by molar-refractivity contribution is 5.68. The third-order valence-corrected chi connectivity index (χ3v) is 5.26. The Kier molecular flexibility index (Phi) is 5.15. The van der Waals surface area contributed by atoms with Gasteiger partial charge in [0.15, 0.2) is 0 Å². The molecule has 4 rings (SSSR count). The molecule has 0 saturated heterocycles. The van der Waals surface area contributed by atoms with Crippen molar-refractivity contribution in [3.05, 3.63) is 71.1 Å². The molecule has 0 radical (unpaired) electrons. The van der Waals surface area contributed by atoms with E-state index >= 15 is 0 Å². The fourth-order valence-corrected chi connectivity index (χ4v) is 3.82. The van der Waals surface area contributed by atoms with E-state index in [1.165, 1.54) is 5.56 Å². The number of benzene rings is 2. The summed E-state index contributed by atoms with van der Waals surface area (Å²) in [4.78, 5) is 15.6. The zero-order valence-electron chi connectivity index (χ0n) is 15.9. The largest absolute Gasteiger partial charge is 0.493 e. The van der Waals surface area contributed by atoms with Crippen molar-refractivity contribution in [3.8, 4) is 17.2 Å². The van der Waals surface area contributed by atoms with Crippen LogP contribution in [0.4, 0.5) is 0 Å². The van der Waals surface area contributed by atoms with Crippen molar-refractivity contribution in [3.63, 3.8) is 0 Å². The number of rotatable bonds is 7. The highest BCUT2D eigenvalue weighted by Crippen LogP contribution is 2.37. The van der Waals surface area contributed by atoms with Crippen molar-refractivity contribution in [1.82, 2.24) is 4.98 Å². The smallest absolute Gasteiger partial charge is 0.303 e. The van der Waals surface area contributed by atoms with Crippen molar-refractivity contribution in [2.75, 3.05) is 6.61 Å². The maximum absolute atomic E-state index is 11.0. The molecule has 3 aromatic rings. The van der Waals surface area contributed by atoms with Crippen LogP contribution in [0.15, 0.2) is 52.9 Å². The zero-order chi connectivity index (χ0) is 19.5. The predicted octanol–water partition coefficient (Wildman–Crippen LogP) is 4.78. The van der Waals surface area contributed by atoms with Crippen LogP contribution in [0.25, 0.3) is 11.5 Å². The number of carboxylic acid groups (broad SMARTS) is 1. The third-order valence-electron chi connectivity index (χ3n) is 5.26. The standard InChI is InChI=1S/C23H23NO4/c1-15-21(24-23(28-15)16-5-3-2-4-6-16)11-12-27-19-9-10-20-17(13-19)7-8-18(20)14-22(25)26/h2-6,9-10,13,18H,7-8,11-12,14H2,1H3,(H,25,26)/t18-/m0/s1. The molecule has 2 aromatic carbocycles. The maximum Gasteiger partial charge on any atom is 0.303 e. The number of carboxylic acids is 1. The first-order valence-corrected chi connectivity index (χ1v) is 9.59. The normalized spacial score (nSPS) is 15.4. The van der Waals surface area contributed by atoms with Gasteiger partial charge in [0.2, 0.25) is 5.89 Å². The fourth-order valence-electron chi connectivity index (χ4n) is 3.82. The van der Waals surface area contributed by atoms with Crippen LogP contribution in [0.1, 0.15) is 41.3 Å². The van der Waals surface area contributed by atoms with E-state index in [9.17, 15) is 4.79 Å². The molecule has 1 aliphatic carbocycles. The van der Waals surface area contributed by atoms with Crippen LogP contribution in [0.5, 0.6) is 5.75 Å². The van der Waals surface area contributed by atoms with Crippen molar-refractivity contribution >= 4 is 5.97 Å². The first-order valence-electron chi connectivity index (χ1n) is 9.59. The molecular formula is C23H23NO4. The van der Waals surface area contributed by atoms with E-state index in [4.69, 9.17) is 14.3 Å². The highest BCUT2D eigenvalue weighted by Gasteiger charge is 2.24. The van der Waals surface area contributed by atoms with E-state index in [1.54, 1.807) is 0 Å². The molecule has 0 aliphatic heterocycles. The average molecular weight is 377 g/mol. The summed E-state index contributed by atoms with van der Waals surface area (Å²) < 4.78 is 11.7. The predicted molar refractivity (Wildman–Crippen MR) is 106 cm³/mol.